The van der Waals surface area contributed by atoms with Crippen LogP contribution in [0.2, 0.25) is 0 Å². The van der Waals surface area contributed by atoms with Crippen LogP contribution in [-0.4, -0.2) is 49.3 Å². The van der Waals surface area contributed by atoms with Gasteiger partial charge in [-0.25, -0.2) is 14.0 Å². The Kier molecular flexibility index (Phi) is 6.13. The van der Waals surface area contributed by atoms with E-state index in [1.807, 2.05) is 0 Å². The fraction of sp³-hybridized carbons (Fsp3) is 0.316. The van der Waals surface area contributed by atoms with E-state index in [1.54, 1.807) is 30.2 Å². The molecule has 1 aromatic carbocycles. The number of nitrogens with zero attached hydrogens (tertiary/aromatic N) is 3. The molecule has 0 unspecified atom stereocenters. The number of benzene rings is 1. The predicted molar refractivity (Wildman–Crippen MR) is 98.3 cm³/mol. The van der Waals surface area contributed by atoms with E-state index >= 15 is 0 Å². The first-order valence-corrected chi connectivity index (χ1v) is 8.59. The molecule has 1 aliphatic rings. The lowest BCUT2D eigenvalue weighted by Gasteiger charge is -2.31. The molecule has 0 saturated carbocycles. The topological polar surface area (TPSA) is 92.1 Å². The fourth-order valence-corrected chi connectivity index (χ4v) is 2.83. The molecule has 2 heterocycles. The maximum Gasteiger partial charge on any atom is 0.355 e. The van der Waals surface area contributed by atoms with Gasteiger partial charge in [0.2, 0.25) is 0 Å². The van der Waals surface area contributed by atoms with Crippen molar-refractivity contribution in [1.29, 1.82) is 0 Å². The second kappa shape index (κ2) is 8.74. The van der Waals surface area contributed by atoms with Crippen LogP contribution >= 0.6 is 0 Å². The normalized spacial score (nSPS) is 14.0. The Morgan fingerprint density at radius 2 is 2.00 bits per heavy atom. The molecule has 0 saturated heterocycles. The van der Waals surface area contributed by atoms with E-state index in [2.05, 4.69) is 5.10 Å². The summed E-state index contributed by atoms with van der Waals surface area (Å²) in [4.78, 5) is 25.6. The summed E-state index contributed by atoms with van der Waals surface area (Å²) < 4.78 is 36.6. The molecule has 1 aromatic heterocycles. The van der Waals surface area contributed by atoms with Crippen LogP contribution in [0.3, 0.4) is 0 Å². The van der Waals surface area contributed by atoms with Crippen molar-refractivity contribution in [2.24, 2.45) is 7.05 Å². The largest absolute Gasteiger partial charge is 0.486 e. The Hall–Kier alpha value is -3.40. The van der Waals surface area contributed by atoms with Crippen molar-refractivity contribution in [3.8, 4) is 5.75 Å². The van der Waals surface area contributed by atoms with Crippen molar-refractivity contribution in [2.75, 3.05) is 32.5 Å². The fourth-order valence-electron chi connectivity index (χ4n) is 2.83. The number of halogens is 1. The molecule has 0 bridgehead atoms. The summed E-state index contributed by atoms with van der Waals surface area (Å²) in [7, 11) is 4.15. The van der Waals surface area contributed by atoms with E-state index < -0.39 is 17.8 Å². The van der Waals surface area contributed by atoms with Crippen LogP contribution in [0.5, 0.6) is 5.75 Å². The number of carbonyl (C=O) groups is 2. The second-order valence-corrected chi connectivity index (χ2v) is 6.14. The van der Waals surface area contributed by atoms with Crippen LogP contribution in [0.1, 0.15) is 5.56 Å². The molecule has 29 heavy (non-hydrogen) atoms. The highest BCUT2D eigenvalue weighted by Crippen LogP contribution is 2.30. The molecule has 0 atom stereocenters. The van der Waals surface area contributed by atoms with Crippen molar-refractivity contribution < 1.29 is 32.9 Å². The third-order valence-electron chi connectivity index (χ3n) is 4.21. The zero-order chi connectivity index (χ0) is 21.0. The predicted octanol–water partition coefficient (Wildman–Crippen LogP) is 1.53. The van der Waals surface area contributed by atoms with Crippen LogP contribution < -0.4 is 9.64 Å². The molecule has 1 aliphatic heterocycles. The molecule has 0 fully saturated rings. The lowest BCUT2D eigenvalue weighted by atomic mass is 10.1. The van der Waals surface area contributed by atoms with E-state index in [0.717, 1.165) is 5.56 Å². The number of carbonyl (C=O) groups excluding carboxylic acids is 2. The average molecular weight is 405 g/mol. The van der Waals surface area contributed by atoms with Crippen molar-refractivity contribution in [1.82, 2.24) is 9.78 Å². The van der Waals surface area contributed by atoms with Crippen LogP contribution in [0, 0.1) is 5.82 Å². The number of aryl methyl sites for hydroxylation is 1. The van der Waals surface area contributed by atoms with Gasteiger partial charge in [0.05, 0.1) is 32.6 Å². The monoisotopic (exact) mass is 405 g/mol. The van der Waals surface area contributed by atoms with E-state index in [1.165, 1.54) is 31.3 Å². The Labute approximate surface area is 166 Å². The van der Waals surface area contributed by atoms with Gasteiger partial charge in [0.1, 0.15) is 19.0 Å². The van der Waals surface area contributed by atoms with Gasteiger partial charge in [-0.1, -0.05) is 0 Å². The maximum atomic E-state index is 14.6. The Morgan fingerprint density at radius 3 is 2.62 bits per heavy atom. The molecule has 0 N–H and O–H groups in total. The Bertz CT molecular complexity index is 955. The van der Waals surface area contributed by atoms with Crippen molar-refractivity contribution >= 4 is 17.6 Å². The highest BCUT2D eigenvalue weighted by molar-refractivity contribution is 6.03. The SMILES string of the molecule is COC(=O)C1=C(C(=O)OC)N(c2ccc(OCc3cnn(C)c3)c(F)c2)COC1. The molecule has 0 radical (unpaired) electrons. The zero-order valence-corrected chi connectivity index (χ0v) is 16.2. The molecule has 154 valence electrons. The number of anilines is 1. The van der Waals surface area contributed by atoms with Gasteiger partial charge in [-0.3, -0.25) is 4.68 Å². The number of esters is 2. The van der Waals surface area contributed by atoms with Gasteiger partial charge in [-0.2, -0.15) is 5.10 Å². The quantitative estimate of drug-likeness (QED) is 0.669. The molecule has 2 aromatic rings. The first-order chi connectivity index (χ1) is 13.9. The standard InChI is InChI=1S/C19H20FN3O6/c1-22-8-12(7-21-22)9-29-16-5-4-13(6-15(16)20)23-11-28-10-14(18(24)26-2)17(23)19(25)27-3/h4-8H,9-11H2,1-3H3. The molecular formula is C19H20FN3O6. The van der Waals surface area contributed by atoms with E-state index in [0.29, 0.717) is 0 Å². The minimum absolute atomic E-state index is 0.0112. The van der Waals surface area contributed by atoms with Crippen LogP contribution in [-0.2, 0) is 37.5 Å². The van der Waals surface area contributed by atoms with Gasteiger partial charge in [-0.05, 0) is 12.1 Å². The Morgan fingerprint density at radius 1 is 1.24 bits per heavy atom. The van der Waals surface area contributed by atoms with Crippen LogP contribution in [0.4, 0.5) is 10.1 Å². The summed E-state index contributed by atoms with van der Waals surface area (Å²) in [5.74, 6) is -2.09. The van der Waals surface area contributed by atoms with Gasteiger partial charge in [0.15, 0.2) is 11.6 Å². The second-order valence-electron chi connectivity index (χ2n) is 6.14. The van der Waals surface area contributed by atoms with Gasteiger partial charge >= 0.3 is 11.9 Å². The molecule has 9 nitrogen and oxygen atoms in total. The smallest absolute Gasteiger partial charge is 0.355 e. The minimum Gasteiger partial charge on any atom is -0.486 e. The van der Waals surface area contributed by atoms with Crippen molar-refractivity contribution in [3.63, 3.8) is 0 Å². The summed E-state index contributed by atoms with van der Waals surface area (Å²) in [6.07, 6.45) is 3.39. The molecule has 10 heteroatoms. The van der Waals surface area contributed by atoms with Crippen molar-refractivity contribution in [3.05, 3.63) is 53.2 Å². The van der Waals surface area contributed by atoms with E-state index in [-0.39, 0.29) is 42.7 Å². The molecule has 0 amide bonds. The maximum absolute atomic E-state index is 14.6. The number of hydrogen-bond donors (Lipinski definition) is 0. The molecule has 3 rings (SSSR count). The highest BCUT2D eigenvalue weighted by Gasteiger charge is 2.32. The average Bonchev–Trinajstić information content (AvgIpc) is 3.16. The molecule has 0 aliphatic carbocycles. The lowest BCUT2D eigenvalue weighted by molar-refractivity contribution is -0.140. The third kappa shape index (κ3) is 4.37. The molecule has 0 spiro atoms. The van der Waals surface area contributed by atoms with Gasteiger partial charge in [0, 0.05) is 30.6 Å². The number of aromatic nitrogens is 2. The summed E-state index contributed by atoms with van der Waals surface area (Å²) >= 11 is 0. The van der Waals surface area contributed by atoms with E-state index in [9.17, 15) is 14.0 Å². The molecular weight excluding hydrogens is 385 g/mol. The van der Waals surface area contributed by atoms with Crippen LogP contribution in [0.15, 0.2) is 41.9 Å². The zero-order valence-electron chi connectivity index (χ0n) is 16.2. The number of methoxy groups -OCH3 is 2. The third-order valence-corrected chi connectivity index (χ3v) is 4.21. The van der Waals surface area contributed by atoms with Crippen molar-refractivity contribution in [2.45, 2.75) is 6.61 Å². The summed E-state index contributed by atoms with van der Waals surface area (Å²) in [5, 5.41) is 4.02. The van der Waals surface area contributed by atoms with Gasteiger partial charge in [0.25, 0.3) is 0 Å². The number of hydrogen-bond acceptors (Lipinski definition) is 8. The number of rotatable bonds is 6. The lowest BCUT2D eigenvalue weighted by Crippen LogP contribution is -2.38. The van der Waals surface area contributed by atoms with Gasteiger partial charge in [-0.15, -0.1) is 0 Å². The summed E-state index contributed by atoms with van der Waals surface area (Å²) in [6.45, 7) is -0.0423. The highest BCUT2D eigenvalue weighted by atomic mass is 19.1. The summed E-state index contributed by atoms with van der Waals surface area (Å²) in [5.41, 5.74) is 1.01. The number of ether oxygens (including phenoxy) is 4. The van der Waals surface area contributed by atoms with E-state index in [4.69, 9.17) is 18.9 Å². The minimum atomic E-state index is -0.758. The van der Waals surface area contributed by atoms with Gasteiger partial charge < -0.3 is 23.8 Å². The summed E-state index contributed by atoms with van der Waals surface area (Å²) in [6, 6.07) is 4.17. The Balaban J connectivity index is 1.87. The van der Waals surface area contributed by atoms with Crippen LogP contribution in [0.25, 0.3) is 0 Å². The first kappa shape index (κ1) is 20.3. The first-order valence-electron chi connectivity index (χ1n) is 8.59.